The molecule has 6 heteroatoms. The van der Waals surface area contributed by atoms with Crippen LogP contribution in [-0.4, -0.2) is 10.7 Å². The predicted molar refractivity (Wildman–Crippen MR) is 74.3 cm³/mol. The SMILES string of the molecule is CC(=O)c1cc([N+](=O)[O-])ccc1Oc1ccc(F)cc1C. The molecule has 21 heavy (non-hydrogen) atoms. The van der Waals surface area contributed by atoms with Crippen LogP contribution in [0.1, 0.15) is 22.8 Å². The van der Waals surface area contributed by atoms with Gasteiger partial charge in [0.05, 0.1) is 10.5 Å². The van der Waals surface area contributed by atoms with Crippen molar-refractivity contribution in [3.63, 3.8) is 0 Å². The third-order valence-electron chi connectivity index (χ3n) is 2.91. The van der Waals surface area contributed by atoms with E-state index in [1.54, 1.807) is 6.92 Å². The molecule has 0 spiro atoms. The Balaban J connectivity index is 2.44. The summed E-state index contributed by atoms with van der Waals surface area (Å²) in [5.74, 6) is -0.167. The summed E-state index contributed by atoms with van der Waals surface area (Å²) in [6, 6.07) is 7.75. The molecule has 0 fully saturated rings. The van der Waals surface area contributed by atoms with Crippen LogP contribution in [0.25, 0.3) is 0 Å². The van der Waals surface area contributed by atoms with Gasteiger partial charge in [-0.3, -0.25) is 14.9 Å². The molecular formula is C15H12FNO4. The number of carbonyl (C=O) groups excluding carboxylic acids is 1. The van der Waals surface area contributed by atoms with Crippen molar-refractivity contribution in [1.29, 1.82) is 0 Å². The molecule has 0 aromatic heterocycles. The highest BCUT2D eigenvalue weighted by atomic mass is 19.1. The van der Waals surface area contributed by atoms with Gasteiger partial charge in [0, 0.05) is 12.1 Å². The summed E-state index contributed by atoms with van der Waals surface area (Å²) in [6.07, 6.45) is 0. The van der Waals surface area contributed by atoms with Crippen molar-refractivity contribution in [3.05, 3.63) is 63.5 Å². The summed E-state index contributed by atoms with van der Waals surface area (Å²) >= 11 is 0. The molecule has 0 aliphatic carbocycles. The summed E-state index contributed by atoms with van der Waals surface area (Å²) in [6.45, 7) is 2.96. The van der Waals surface area contributed by atoms with Crippen LogP contribution in [0.2, 0.25) is 0 Å². The van der Waals surface area contributed by atoms with Crippen LogP contribution in [0, 0.1) is 22.9 Å². The van der Waals surface area contributed by atoms with Gasteiger partial charge >= 0.3 is 0 Å². The van der Waals surface area contributed by atoms with Gasteiger partial charge in [-0.15, -0.1) is 0 Å². The van der Waals surface area contributed by atoms with Crippen LogP contribution in [0.5, 0.6) is 11.5 Å². The van der Waals surface area contributed by atoms with Gasteiger partial charge in [0.25, 0.3) is 5.69 Å². The zero-order valence-corrected chi connectivity index (χ0v) is 11.4. The molecular weight excluding hydrogens is 277 g/mol. The van der Waals surface area contributed by atoms with Gasteiger partial charge in [-0.05, 0) is 43.7 Å². The summed E-state index contributed by atoms with van der Waals surface area (Å²) in [5.41, 5.74) is 0.471. The number of Topliss-reactive ketones (excluding diaryl/α,β-unsaturated/α-hetero) is 1. The molecule has 0 saturated heterocycles. The first kappa shape index (κ1) is 14.6. The van der Waals surface area contributed by atoms with E-state index in [0.29, 0.717) is 11.3 Å². The summed E-state index contributed by atoms with van der Waals surface area (Å²) < 4.78 is 18.6. The van der Waals surface area contributed by atoms with E-state index in [-0.39, 0.29) is 22.8 Å². The molecule has 0 N–H and O–H groups in total. The molecule has 0 saturated carbocycles. The van der Waals surface area contributed by atoms with Gasteiger partial charge in [0.15, 0.2) is 5.78 Å². The lowest BCUT2D eigenvalue weighted by Gasteiger charge is -2.11. The van der Waals surface area contributed by atoms with Crippen LogP contribution < -0.4 is 4.74 Å². The Labute approximate surface area is 120 Å². The van der Waals surface area contributed by atoms with Gasteiger partial charge < -0.3 is 4.74 Å². The molecule has 108 valence electrons. The quantitative estimate of drug-likeness (QED) is 0.484. The van der Waals surface area contributed by atoms with E-state index < -0.39 is 10.7 Å². The molecule has 2 aromatic rings. The van der Waals surface area contributed by atoms with E-state index in [4.69, 9.17) is 4.74 Å². The van der Waals surface area contributed by atoms with Crippen molar-refractivity contribution in [2.45, 2.75) is 13.8 Å². The standard InChI is InChI=1S/C15H12FNO4/c1-9-7-11(16)3-5-14(9)21-15-6-4-12(17(19)20)8-13(15)10(2)18/h3-8H,1-2H3. The minimum atomic E-state index is -0.584. The van der Waals surface area contributed by atoms with E-state index in [1.807, 2.05) is 0 Å². The maximum Gasteiger partial charge on any atom is 0.270 e. The second-order valence-corrected chi connectivity index (χ2v) is 4.51. The first-order valence-electron chi connectivity index (χ1n) is 6.12. The van der Waals surface area contributed by atoms with E-state index in [1.165, 1.54) is 37.3 Å². The van der Waals surface area contributed by atoms with Crippen LogP contribution >= 0.6 is 0 Å². The third kappa shape index (κ3) is 3.22. The monoisotopic (exact) mass is 289 g/mol. The van der Waals surface area contributed by atoms with Gasteiger partial charge in [0.1, 0.15) is 17.3 Å². The molecule has 0 unspecified atom stereocenters. The Morgan fingerprint density at radius 2 is 1.86 bits per heavy atom. The highest BCUT2D eigenvalue weighted by molar-refractivity contribution is 5.97. The van der Waals surface area contributed by atoms with Crippen molar-refractivity contribution < 1.29 is 18.8 Å². The van der Waals surface area contributed by atoms with Gasteiger partial charge in [0.2, 0.25) is 0 Å². The molecule has 0 radical (unpaired) electrons. The Bertz CT molecular complexity index is 728. The number of halogens is 1. The number of nitro groups is 1. The van der Waals surface area contributed by atoms with E-state index in [0.717, 1.165) is 6.07 Å². The Morgan fingerprint density at radius 1 is 1.19 bits per heavy atom. The second kappa shape index (κ2) is 5.70. The molecule has 0 aliphatic rings. The van der Waals surface area contributed by atoms with Gasteiger partial charge in [-0.1, -0.05) is 0 Å². The number of nitro benzene ring substituents is 1. The Hall–Kier alpha value is -2.76. The minimum Gasteiger partial charge on any atom is -0.456 e. The molecule has 2 aromatic carbocycles. The summed E-state index contributed by atoms with van der Waals surface area (Å²) in [5, 5.41) is 10.7. The van der Waals surface area contributed by atoms with Crippen LogP contribution in [0.4, 0.5) is 10.1 Å². The molecule has 5 nitrogen and oxygen atoms in total. The first-order chi connectivity index (χ1) is 9.88. The fourth-order valence-electron chi connectivity index (χ4n) is 1.84. The molecule has 0 bridgehead atoms. The number of non-ortho nitro benzene ring substituents is 1. The largest absolute Gasteiger partial charge is 0.456 e. The summed E-state index contributed by atoms with van der Waals surface area (Å²) in [4.78, 5) is 21.8. The highest BCUT2D eigenvalue weighted by Gasteiger charge is 2.16. The fraction of sp³-hybridized carbons (Fsp3) is 0.133. The normalized spacial score (nSPS) is 10.2. The van der Waals surface area contributed by atoms with Crippen molar-refractivity contribution >= 4 is 11.5 Å². The van der Waals surface area contributed by atoms with Crippen LogP contribution in [0.3, 0.4) is 0 Å². The number of benzene rings is 2. The smallest absolute Gasteiger partial charge is 0.270 e. The number of carbonyl (C=O) groups is 1. The van der Waals surface area contributed by atoms with E-state index >= 15 is 0 Å². The topological polar surface area (TPSA) is 69.4 Å². The Morgan fingerprint density at radius 3 is 2.43 bits per heavy atom. The third-order valence-corrected chi connectivity index (χ3v) is 2.91. The number of ketones is 1. The minimum absolute atomic E-state index is 0.105. The maximum atomic E-state index is 13.1. The average molecular weight is 289 g/mol. The zero-order valence-electron chi connectivity index (χ0n) is 11.4. The van der Waals surface area contributed by atoms with Gasteiger partial charge in [-0.25, -0.2) is 4.39 Å². The molecule has 2 rings (SSSR count). The highest BCUT2D eigenvalue weighted by Crippen LogP contribution is 2.31. The second-order valence-electron chi connectivity index (χ2n) is 4.51. The van der Waals surface area contributed by atoms with Crippen molar-refractivity contribution in [3.8, 4) is 11.5 Å². The lowest BCUT2D eigenvalue weighted by atomic mass is 10.1. The zero-order chi connectivity index (χ0) is 15.6. The number of nitrogens with zero attached hydrogens (tertiary/aromatic N) is 1. The molecule has 0 aliphatic heterocycles. The molecule has 0 heterocycles. The van der Waals surface area contributed by atoms with Crippen molar-refractivity contribution in [2.75, 3.05) is 0 Å². The number of aryl methyl sites for hydroxylation is 1. The van der Waals surface area contributed by atoms with E-state index in [9.17, 15) is 19.3 Å². The molecule has 0 amide bonds. The Kier molecular flexibility index (Phi) is 3.98. The number of hydrogen-bond acceptors (Lipinski definition) is 4. The van der Waals surface area contributed by atoms with Crippen LogP contribution in [0.15, 0.2) is 36.4 Å². The maximum absolute atomic E-state index is 13.1. The van der Waals surface area contributed by atoms with Crippen LogP contribution in [-0.2, 0) is 0 Å². The fourth-order valence-corrected chi connectivity index (χ4v) is 1.84. The number of rotatable bonds is 4. The lowest BCUT2D eigenvalue weighted by molar-refractivity contribution is -0.384. The van der Waals surface area contributed by atoms with Crippen molar-refractivity contribution in [1.82, 2.24) is 0 Å². The number of ether oxygens (including phenoxy) is 1. The van der Waals surface area contributed by atoms with Gasteiger partial charge in [-0.2, -0.15) is 0 Å². The lowest BCUT2D eigenvalue weighted by Crippen LogP contribution is -2.00. The average Bonchev–Trinajstić information content (AvgIpc) is 2.41. The number of hydrogen-bond donors (Lipinski definition) is 0. The van der Waals surface area contributed by atoms with E-state index in [2.05, 4.69) is 0 Å². The predicted octanol–water partition coefficient (Wildman–Crippen LogP) is 4.04. The van der Waals surface area contributed by atoms with Crippen molar-refractivity contribution in [2.24, 2.45) is 0 Å². The summed E-state index contributed by atoms with van der Waals surface area (Å²) in [7, 11) is 0. The first-order valence-corrected chi connectivity index (χ1v) is 6.12. The molecule has 0 atom stereocenters.